The zero-order valence-electron chi connectivity index (χ0n) is 11.9. The molecule has 0 aromatic rings. The van der Waals surface area contributed by atoms with Crippen molar-refractivity contribution < 1.29 is 19.4 Å². The van der Waals surface area contributed by atoms with E-state index in [0.717, 1.165) is 32.5 Å². The maximum absolute atomic E-state index is 10.8. The summed E-state index contributed by atoms with van der Waals surface area (Å²) in [5.41, 5.74) is 0. The lowest BCUT2D eigenvalue weighted by Gasteiger charge is -2.42. The van der Waals surface area contributed by atoms with Gasteiger partial charge < -0.3 is 14.6 Å². The van der Waals surface area contributed by atoms with E-state index in [1.807, 2.05) is 0 Å². The van der Waals surface area contributed by atoms with Crippen LogP contribution in [-0.2, 0) is 14.3 Å². The lowest BCUT2D eigenvalue weighted by molar-refractivity contribution is -0.143. The number of rotatable bonds is 4. The second kappa shape index (κ2) is 6.68. The van der Waals surface area contributed by atoms with Gasteiger partial charge in [-0.05, 0) is 18.8 Å². The Morgan fingerprint density at radius 2 is 2.16 bits per heavy atom. The lowest BCUT2D eigenvalue weighted by atomic mass is 9.94. The molecular formula is C14H25NO4. The first-order valence-corrected chi connectivity index (χ1v) is 7.25. The van der Waals surface area contributed by atoms with Crippen molar-refractivity contribution in [1.82, 2.24) is 4.90 Å². The highest BCUT2D eigenvalue weighted by Crippen LogP contribution is 2.25. The van der Waals surface area contributed by atoms with Gasteiger partial charge in [-0.1, -0.05) is 13.8 Å². The van der Waals surface area contributed by atoms with Crippen molar-refractivity contribution in [2.45, 2.75) is 51.4 Å². The van der Waals surface area contributed by atoms with E-state index in [9.17, 15) is 4.79 Å². The Bertz CT molecular complexity index is 308. The molecule has 0 saturated carbocycles. The molecule has 110 valence electrons. The average Bonchev–Trinajstić information content (AvgIpc) is 2.38. The van der Waals surface area contributed by atoms with Gasteiger partial charge in [0.25, 0.3) is 0 Å². The summed E-state index contributed by atoms with van der Waals surface area (Å²) in [6.45, 7) is 7.49. The van der Waals surface area contributed by atoms with Gasteiger partial charge in [0.05, 0.1) is 25.2 Å². The number of nitrogens with zero attached hydrogens (tertiary/aromatic N) is 1. The van der Waals surface area contributed by atoms with Crippen LogP contribution >= 0.6 is 0 Å². The molecule has 5 nitrogen and oxygen atoms in total. The molecule has 1 N–H and O–H groups in total. The lowest BCUT2D eigenvalue weighted by Crippen LogP contribution is -2.51. The molecule has 0 bridgehead atoms. The number of aliphatic carboxylic acids is 1. The fourth-order valence-corrected chi connectivity index (χ4v) is 3.00. The maximum atomic E-state index is 10.8. The van der Waals surface area contributed by atoms with E-state index >= 15 is 0 Å². The summed E-state index contributed by atoms with van der Waals surface area (Å²) in [6, 6.07) is 0.515. The van der Waals surface area contributed by atoms with Gasteiger partial charge in [-0.3, -0.25) is 9.69 Å². The largest absolute Gasteiger partial charge is 0.481 e. The zero-order valence-corrected chi connectivity index (χ0v) is 11.9. The molecule has 2 saturated heterocycles. The normalized spacial score (nSPS) is 33.5. The summed E-state index contributed by atoms with van der Waals surface area (Å²) in [5, 5.41) is 8.86. The summed E-state index contributed by atoms with van der Waals surface area (Å²) in [4.78, 5) is 13.2. The molecule has 2 rings (SSSR count). The Balaban J connectivity index is 1.88. The molecule has 0 aliphatic carbocycles. The summed E-state index contributed by atoms with van der Waals surface area (Å²) < 4.78 is 11.3. The minimum absolute atomic E-state index is 0.104. The quantitative estimate of drug-likeness (QED) is 0.836. The molecule has 0 radical (unpaired) electrons. The summed E-state index contributed by atoms with van der Waals surface area (Å²) in [5.74, 6) is -0.238. The molecule has 2 heterocycles. The molecular weight excluding hydrogens is 246 g/mol. The van der Waals surface area contributed by atoms with Crippen LogP contribution in [0, 0.1) is 5.92 Å². The van der Waals surface area contributed by atoms with Gasteiger partial charge in [-0.15, -0.1) is 0 Å². The Kier molecular flexibility index (Phi) is 5.19. The van der Waals surface area contributed by atoms with Crippen molar-refractivity contribution in [2.75, 3.05) is 26.3 Å². The van der Waals surface area contributed by atoms with Crippen LogP contribution < -0.4 is 0 Å². The summed E-state index contributed by atoms with van der Waals surface area (Å²) in [6.07, 6.45) is 2.37. The number of carbonyl (C=O) groups is 1. The standard InChI is InChI=1S/C14H25NO4/c1-10(2)13-7-11(3-5-19-13)15-4-6-18-12(9-15)8-14(16)17/h10-13H,3-9H2,1-2H3,(H,16,17). The highest BCUT2D eigenvalue weighted by Gasteiger charge is 2.32. The van der Waals surface area contributed by atoms with Crippen molar-refractivity contribution >= 4 is 5.97 Å². The first-order chi connectivity index (χ1) is 9.06. The number of carboxylic acid groups (broad SMARTS) is 1. The third-order valence-electron chi connectivity index (χ3n) is 4.12. The van der Waals surface area contributed by atoms with Gasteiger partial charge in [0.2, 0.25) is 0 Å². The number of hydrogen-bond acceptors (Lipinski definition) is 4. The highest BCUT2D eigenvalue weighted by atomic mass is 16.5. The Morgan fingerprint density at radius 1 is 1.37 bits per heavy atom. The Morgan fingerprint density at radius 3 is 2.84 bits per heavy atom. The molecule has 3 unspecified atom stereocenters. The van der Waals surface area contributed by atoms with Gasteiger partial charge in [0, 0.05) is 25.7 Å². The van der Waals surface area contributed by atoms with Gasteiger partial charge in [-0.25, -0.2) is 0 Å². The molecule has 2 fully saturated rings. The van der Waals surface area contributed by atoms with E-state index in [4.69, 9.17) is 14.6 Å². The molecule has 0 aromatic heterocycles. The third kappa shape index (κ3) is 4.16. The van der Waals surface area contributed by atoms with Crippen LogP contribution in [0.5, 0.6) is 0 Å². The van der Waals surface area contributed by atoms with Crippen LogP contribution in [-0.4, -0.2) is 60.5 Å². The highest BCUT2D eigenvalue weighted by molar-refractivity contribution is 5.67. The number of morpholine rings is 1. The first kappa shape index (κ1) is 14.8. The molecule has 2 aliphatic heterocycles. The minimum Gasteiger partial charge on any atom is -0.481 e. The van der Waals surface area contributed by atoms with Crippen molar-refractivity contribution in [3.8, 4) is 0 Å². The first-order valence-electron chi connectivity index (χ1n) is 7.25. The van der Waals surface area contributed by atoms with E-state index in [1.165, 1.54) is 0 Å². The fraction of sp³-hybridized carbons (Fsp3) is 0.929. The van der Waals surface area contributed by atoms with Gasteiger partial charge >= 0.3 is 5.97 Å². The molecule has 3 atom stereocenters. The maximum Gasteiger partial charge on any atom is 0.306 e. The predicted molar refractivity (Wildman–Crippen MR) is 71.2 cm³/mol. The van der Waals surface area contributed by atoms with E-state index in [2.05, 4.69) is 18.7 Å². The summed E-state index contributed by atoms with van der Waals surface area (Å²) in [7, 11) is 0. The second-order valence-electron chi connectivity index (χ2n) is 5.92. The van der Waals surface area contributed by atoms with Crippen LogP contribution in [0.1, 0.15) is 33.1 Å². The van der Waals surface area contributed by atoms with Crippen molar-refractivity contribution in [2.24, 2.45) is 5.92 Å². The third-order valence-corrected chi connectivity index (χ3v) is 4.12. The average molecular weight is 271 g/mol. The van der Waals surface area contributed by atoms with E-state index in [-0.39, 0.29) is 12.5 Å². The van der Waals surface area contributed by atoms with Crippen LogP contribution in [0.25, 0.3) is 0 Å². The molecule has 19 heavy (non-hydrogen) atoms. The second-order valence-corrected chi connectivity index (χ2v) is 5.92. The smallest absolute Gasteiger partial charge is 0.306 e. The van der Waals surface area contributed by atoms with E-state index in [0.29, 0.717) is 24.7 Å². The Hall–Kier alpha value is -0.650. The van der Waals surface area contributed by atoms with Crippen molar-refractivity contribution in [3.63, 3.8) is 0 Å². The number of hydrogen-bond donors (Lipinski definition) is 1. The van der Waals surface area contributed by atoms with E-state index in [1.54, 1.807) is 0 Å². The number of carboxylic acids is 1. The molecule has 5 heteroatoms. The topological polar surface area (TPSA) is 59.0 Å². The van der Waals surface area contributed by atoms with Crippen LogP contribution in [0.15, 0.2) is 0 Å². The van der Waals surface area contributed by atoms with Crippen LogP contribution in [0.3, 0.4) is 0 Å². The predicted octanol–water partition coefficient (Wildman–Crippen LogP) is 1.37. The molecule has 0 aromatic carbocycles. The molecule has 0 spiro atoms. The number of ether oxygens (including phenoxy) is 2. The van der Waals surface area contributed by atoms with Gasteiger partial charge in [0.15, 0.2) is 0 Å². The van der Waals surface area contributed by atoms with Crippen molar-refractivity contribution in [1.29, 1.82) is 0 Å². The van der Waals surface area contributed by atoms with Gasteiger partial charge in [0.1, 0.15) is 0 Å². The van der Waals surface area contributed by atoms with E-state index < -0.39 is 5.97 Å². The minimum atomic E-state index is -0.779. The molecule has 0 amide bonds. The van der Waals surface area contributed by atoms with Crippen molar-refractivity contribution in [3.05, 3.63) is 0 Å². The monoisotopic (exact) mass is 271 g/mol. The fourth-order valence-electron chi connectivity index (χ4n) is 3.00. The summed E-state index contributed by atoms with van der Waals surface area (Å²) >= 11 is 0. The zero-order chi connectivity index (χ0) is 13.8. The van der Waals surface area contributed by atoms with Gasteiger partial charge in [-0.2, -0.15) is 0 Å². The van der Waals surface area contributed by atoms with Crippen LogP contribution in [0.2, 0.25) is 0 Å². The Labute approximate surface area is 114 Å². The van der Waals surface area contributed by atoms with Crippen LogP contribution in [0.4, 0.5) is 0 Å². The SMILES string of the molecule is CC(C)C1CC(N2CCOC(CC(=O)O)C2)CCO1. The molecule has 2 aliphatic rings.